The highest BCUT2D eigenvalue weighted by atomic mass is 35.5. The first-order chi connectivity index (χ1) is 13.0. The van der Waals surface area contributed by atoms with Crippen LogP contribution in [0, 0.1) is 0 Å². The fourth-order valence-corrected chi connectivity index (χ4v) is 2.70. The number of nitrogens with one attached hydrogen (secondary N) is 1. The van der Waals surface area contributed by atoms with Crippen molar-refractivity contribution in [2.24, 2.45) is 0 Å². The van der Waals surface area contributed by atoms with Gasteiger partial charge in [-0.1, -0.05) is 23.7 Å². The SMILES string of the molecule is CN(C)C(=O)COc1ccccc1C(=O)Nc1ccc(Cl)c2ncccc12. The van der Waals surface area contributed by atoms with Gasteiger partial charge in [-0.2, -0.15) is 0 Å². The normalized spacial score (nSPS) is 10.5. The van der Waals surface area contributed by atoms with E-state index in [4.69, 9.17) is 16.3 Å². The van der Waals surface area contributed by atoms with E-state index in [1.165, 1.54) is 4.90 Å². The van der Waals surface area contributed by atoms with Gasteiger partial charge in [0.15, 0.2) is 6.61 Å². The van der Waals surface area contributed by atoms with Gasteiger partial charge < -0.3 is 15.0 Å². The highest BCUT2D eigenvalue weighted by Gasteiger charge is 2.16. The summed E-state index contributed by atoms with van der Waals surface area (Å²) < 4.78 is 5.54. The number of halogens is 1. The molecule has 0 spiro atoms. The molecule has 2 aromatic carbocycles. The Morgan fingerprint density at radius 2 is 1.89 bits per heavy atom. The summed E-state index contributed by atoms with van der Waals surface area (Å²) in [6.07, 6.45) is 1.64. The number of nitrogens with zero attached hydrogens (tertiary/aromatic N) is 2. The Balaban J connectivity index is 1.85. The summed E-state index contributed by atoms with van der Waals surface area (Å²) in [6, 6.07) is 13.8. The molecule has 0 saturated heterocycles. The molecule has 1 aromatic heterocycles. The van der Waals surface area contributed by atoms with Crippen molar-refractivity contribution in [3.63, 3.8) is 0 Å². The van der Waals surface area contributed by atoms with E-state index < -0.39 is 0 Å². The van der Waals surface area contributed by atoms with E-state index in [1.54, 1.807) is 62.8 Å². The van der Waals surface area contributed by atoms with Gasteiger partial charge in [-0.3, -0.25) is 14.6 Å². The van der Waals surface area contributed by atoms with Crippen LogP contribution in [-0.2, 0) is 4.79 Å². The van der Waals surface area contributed by atoms with Crippen molar-refractivity contribution in [2.75, 3.05) is 26.0 Å². The molecule has 138 valence electrons. The van der Waals surface area contributed by atoms with Crippen molar-refractivity contribution >= 4 is 40.0 Å². The molecule has 0 aliphatic heterocycles. The van der Waals surface area contributed by atoms with Crippen molar-refractivity contribution in [1.82, 2.24) is 9.88 Å². The van der Waals surface area contributed by atoms with Crippen LogP contribution in [0.4, 0.5) is 5.69 Å². The fourth-order valence-electron chi connectivity index (χ4n) is 2.49. The van der Waals surface area contributed by atoms with Gasteiger partial charge in [0.25, 0.3) is 11.8 Å². The van der Waals surface area contributed by atoms with Gasteiger partial charge in [-0.05, 0) is 36.4 Å². The molecule has 1 heterocycles. The molecule has 2 amide bonds. The predicted molar refractivity (Wildman–Crippen MR) is 105 cm³/mol. The van der Waals surface area contributed by atoms with Crippen LogP contribution in [0.2, 0.25) is 5.02 Å². The molecular weight excluding hydrogens is 366 g/mol. The number of carbonyl (C=O) groups excluding carboxylic acids is 2. The summed E-state index contributed by atoms with van der Waals surface area (Å²) in [7, 11) is 3.29. The van der Waals surface area contributed by atoms with Crippen molar-refractivity contribution in [2.45, 2.75) is 0 Å². The number of ether oxygens (including phenoxy) is 1. The molecule has 6 nitrogen and oxygen atoms in total. The lowest BCUT2D eigenvalue weighted by Crippen LogP contribution is -2.28. The first-order valence-electron chi connectivity index (χ1n) is 8.24. The number of fused-ring (bicyclic) bond motifs is 1. The number of anilines is 1. The molecule has 0 unspecified atom stereocenters. The van der Waals surface area contributed by atoms with Gasteiger partial charge in [0.1, 0.15) is 5.75 Å². The number of benzene rings is 2. The van der Waals surface area contributed by atoms with Crippen LogP contribution in [-0.4, -0.2) is 42.4 Å². The number of hydrogen-bond donors (Lipinski definition) is 1. The second-order valence-corrected chi connectivity index (χ2v) is 6.43. The van der Waals surface area contributed by atoms with Crippen LogP contribution in [0.3, 0.4) is 0 Å². The van der Waals surface area contributed by atoms with E-state index in [9.17, 15) is 9.59 Å². The second-order valence-electron chi connectivity index (χ2n) is 6.02. The minimum atomic E-state index is -0.352. The molecule has 0 fully saturated rings. The lowest BCUT2D eigenvalue weighted by Gasteiger charge is -2.14. The van der Waals surface area contributed by atoms with E-state index in [2.05, 4.69) is 10.3 Å². The number of pyridine rings is 1. The zero-order chi connectivity index (χ0) is 19.4. The Morgan fingerprint density at radius 1 is 1.11 bits per heavy atom. The maximum atomic E-state index is 12.8. The largest absolute Gasteiger partial charge is 0.483 e. The molecule has 0 radical (unpaired) electrons. The maximum Gasteiger partial charge on any atom is 0.259 e. The van der Waals surface area contributed by atoms with Crippen LogP contribution < -0.4 is 10.1 Å². The van der Waals surface area contributed by atoms with E-state index in [-0.39, 0.29) is 18.4 Å². The van der Waals surface area contributed by atoms with Gasteiger partial charge >= 0.3 is 0 Å². The summed E-state index contributed by atoms with van der Waals surface area (Å²) in [5, 5.41) is 4.11. The van der Waals surface area contributed by atoms with Crippen LogP contribution in [0.1, 0.15) is 10.4 Å². The molecule has 3 rings (SSSR count). The molecule has 7 heteroatoms. The smallest absolute Gasteiger partial charge is 0.259 e. The van der Waals surface area contributed by atoms with Crippen LogP contribution >= 0.6 is 11.6 Å². The van der Waals surface area contributed by atoms with Crippen LogP contribution in [0.5, 0.6) is 5.75 Å². The number of carbonyl (C=O) groups is 2. The number of likely N-dealkylation sites (N-methyl/N-ethyl adjacent to an activating group) is 1. The molecule has 1 N–H and O–H groups in total. The van der Waals surface area contributed by atoms with Crippen molar-refractivity contribution in [1.29, 1.82) is 0 Å². The Kier molecular flexibility index (Phi) is 5.57. The molecular formula is C20H18ClN3O3. The summed E-state index contributed by atoms with van der Waals surface area (Å²) in [5.74, 6) is -0.211. The molecule has 3 aromatic rings. The van der Waals surface area contributed by atoms with Crippen molar-refractivity contribution < 1.29 is 14.3 Å². The third kappa shape index (κ3) is 4.17. The topological polar surface area (TPSA) is 71.5 Å². The molecule has 0 bridgehead atoms. The Labute approximate surface area is 161 Å². The quantitative estimate of drug-likeness (QED) is 0.730. The molecule has 27 heavy (non-hydrogen) atoms. The molecule has 0 aliphatic carbocycles. The second kappa shape index (κ2) is 8.05. The van der Waals surface area contributed by atoms with E-state index >= 15 is 0 Å². The van der Waals surface area contributed by atoms with Gasteiger partial charge in [0.2, 0.25) is 0 Å². The maximum absolute atomic E-state index is 12.8. The number of hydrogen-bond acceptors (Lipinski definition) is 4. The minimum absolute atomic E-state index is 0.148. The van der Waals surface area contributed by atoms with Gasteiger partial charge in [-0.15, -0.1) is 0 Å². The summed E-state index contributed by atoms with van der Waals surface area (Å²) in [6.45, 7) is -0.148. The average Bonchev–Trinajstić information content (AvgIpc) is 2.68. The standard InChI is InChI=1S/C20H18ClN3O3/c1-24(2)18(25)12-27-17-8-4-3-6-14(17)20(26)23-16-10-9-15(21)19-13(16)7-5-11-22-19/h3-11H,12H2,1-2H3,(H,23,26). The molecule has 0 atom stereocenters. The Morgan fingerprint density at radius 3 is 2.67 bits per heavy atom. The van der Waals surface area contributed by atoms with E-state index in [0.717, 1.165) is 5.39 Å². The highest BCUT2D eigenvalue weighted by Crippen LogP contribution is 2.29. The first-order valence-corrected chi connectivity index (χ1v) is 8.61. The van der Waals surface area contributed by atoms with Crippen LogP contribution in [0.25, 0.3) is 10.9 Å². The summed E-state index contributed by atoms with van der Waals surface area (Å²) in [4.78, 5) is 30.2. The van der Waals surface area contributed by atoms with Crippen LogP contribution in [0.15, 0.2) is 54.7 Å². The summed E-state index contributed by atoms with van der Waals surface area (Å²) in [5.41, 5.74) is 1.53. The predicted octanol–water partition coefficient (Wildman–Crippen LogP) is 3.61. The van der Waals surface area contributed by atoms with Crippen molar-refractivity contribution in [3.8, 4) is 5.75 Å². The third-order valence-electron chi connectivity index (χ3n) is 3.95. The Bertz CT molecular complexity index is 1000. The van der Waals surface area contributed by atoms with Gasteiger partial charge in [0.05, 0.1) is 21.8 Å². The van der Waals surface area contributed by atoms with E-state index in [0.29, 0.717) is 27.5 Å². The lowest BCUT2D eigenvalue weighted by atomic mass is 10.1. The van der Waals surface area contributed by atoms with Gasteiger partial charge in [-0.25, -0.2) is 0 Å². The number of para-hydroxylation sites is 1. The third-order valence-corrected chi connectivity index (χ3v) is 4.26. The zero-order valence-electron chi connectivity index (χ0n) is 14.9. The highest BCUT2D eigenvalue weighted by molar-refractivity contribution is 6.35. The summed E-state index contributed by atoms with van der Waals surface area (Å²) >= 11 is 6.17. The number of aromatic nitrogens is 1. The molecule has 0 aliphatic rings. The number of rotatable bonds is 5. The Hall–Kier alpha value is -3.12. The van der Waals surface area contributed by atoms with Crippen molar-refractivity contribution in [3.05, 3.63) is 65.3 Å². The molecule has 0 saturated carbocycles. The van der Waals surface area contributed by atoms with Gasteiger partial charge in [0, 0.05) is 25.7 Å². The average molecular weight is 384 g/mol. The lowest BCUT2D eigenvalue weighted by molar-refractivity contribution is -0.130. The fraction of sp³-hybridized carbons (Fsp3) is 0.150. The first kappa shape index (κ1) is 18.7. The minimum Gasteiger partial charge on any atom is -0.483 e. The number of amides is 2. The zero-order valence-corrected chi connectivity index (χ0v) is 15.7. The van der Waals surface area contributed by atoms with E-state index in [1.807, 2.05) is 6.07 Å². The monoisotopic (exact) mass is 383 g/mol.